The lowest BCUT2D eigenvalue weighted by Crippen LogP contribution is -2.14. The molecule has 0 spiro atoms. The van der Waals surface area contributed by atoms with Crippen LogP contribution in [0.5, 0.6) is 11.5 Å². The minimum atomic E-state index is -4.36. The van der Waals surface area contributed by atoms with Crippen molar-refractivity contribution in [3.63, 3.8) is 0 Å². The first kappa shape index (κ1) is 11.6. The molecule has 1 atom stereocenters. The van der Waals surface area contributed by atoms with Crippen LogP contribution in [0, 0.1) is 0 Å². The van der Waals surface area contributed by atoms with Crippen LogP contribution < -0.4 is 14.8 Å². The Morgan fingerprint density at radius 2 is 1.89 bits per heavy atom. The maximum atomic E-state index is 13.1. The summed E-state index contributed by atoms with van der Waals surface area (Å²) in [6, 6.07) is 2.53. The first-order valence-electron chi connectivity index (χ1n) is 5.77. The predicted molar refractivity (Wildman–Crippen MR) is 57.8 cm³/mol. The molecule has 1 fully saturated rings. The second-order valence-electron chi connectivity index (χ2n) is 4.48. The van der Waals surface area contributed by atoms with E-state index in [9.17, 15) is 13.2 Å². The van der Waals surface area contributed by atoms with Gasteiger partial charge in [-0.3, -0.25) is 0 Å². The fourth-order valence-corrected chi connectivity index (χ4v) is 2.46. The first-order chi connectivity index (χ1) is 8.55. The van der Waals surface area contributed by atoms with Crippen LogP contribution in [0.1, 0.15) is 23.5 Å². The Morgan fingerprint density at radius 3 is 2.50 bits per heavy atom. The first-order valence-corrected chi connectivity index (χ1v) is 5.77. The number of hydrogen-bond donors (Lipinski definition) is 1. The van der Waals surface area contributed by atoms with Crippen molar-refractivity contribution in [3.8, 4) is 11.5 Å². The van der Waals surface area contributed by atoms with Gasteiger partial charge in [-0.05, 0) is 36.6 Å². The zero-order valence-corrected chi connectivity index (χ0v) is 9.51. The zero-order valence-electron chi connectivity index (χ0n) is 9.51. The van der Waals surface area contributed by atoms with Crippen molar-refractivity contribution >= 4 is 0 Å². The van der Waals surface area contributed by atoms with E-state index in [0.29, 0.717) is 24.3 Å². The van der Waals surface area contributed by atoms with E-state index in [2.05, 4.69) is 5.32 Å². The zero-order chi connectivity index (χ0) is 12.8. The molecule has 1 aromatic carbocycles. The molecule has 2 aliphatic rings. The van der Waals surface area contributed by atoms with Crippen molar-refractivity contribution in [2.24, 2.45) is 0 Å². The van der Waals surface area contributed by atoms with Crippen molar-refractivity contribution in [1.82, 2.24) is 5.32 Å². The highest BCUT2D eigenvalue weighted by Crippen LogP contribution is 2.44. The summed E-state index contributed by atoms with van der Waals surface area (Å²) in [4.78, 5) is 0. The number of halogens is 3. The maximum Gasteiger partial charge on any atom is 0.416 e. The minimum Gasteiger partial charge on any atom is -0.454 e. The highest BCUT2D eigenvalue weighted by Gasteiger charge is 2.38. The molecule has 2 aliphatic heterocycles. The topological polar surface area (TPSA) is 30.5 Å². The lowest BCUT2D eigenvalue weighted by Gasteiger charge is -2.17. The Bertz CT molecular complexity index is 467. The molecule has 0 saturated carbocycles. The second kappa shape index (κ2) is 4.05. The Balaban J connectivity index is 2.09. The van der Waals surface area contributed by atoms with Gasteiger partial charge < -0.3 is 14.8 Å². The average molecular weight is 259 g/mol. The van der Waals surface area contributed by atoms with Gasteiger partial charge in [0.05, 0.1) is 5.56 Å². The molecule has 0 aliphatic carbocycles. The third-order valence-electron chi connectivity index (χ3n) is 3.35. The van der Waals surface area contributed by atoms with Crippen molar-refractivity contribution in [1.29, 1.82) is 0 Å². The number of ether oxygens (including phenoxy) is 2. The molecule has 0 bridgehead atoms. The Morgan fingerprint density at radius 1 is 1.17 bits per heavy atom. The van der Waals surface area contributed by atoms with Gasteiger partial charge in [0.1, 0.15) is 0 Å². The highest BCUT2D eigenvalue weighted by molar-refractivity contribution is 5.51. The summed E-state index contributed by atoms with van der Waals surface area (Å²) in [6.07, 6.45) is -3.65. The molecule has 18 heavy (non-hydrogen) atoms. The van der Waals surface area contributed by atoms with E-state index in [1.807, 2.05) is 0 Å². The number of nitrogens with one attached hydrogen (secondary N) is 1. The van der Waals surface area contributed by atoms with E-state index in [0.717, 1.165) is 12.6 Å². The molecule has 6 heteroatoms. The van der Waals surface area contributed by atoms with Gasteiger partial charge in [-0.1, -0.05) is 0 Å². The molecule has 1 saturated heterocycles. The SMILES string of the molecule is FC(F)(F)c1cc2c(cc1C1CCNC1)OCO2. The van der Waals surface area contributed by atoms with Crippen LogP contribution in [0.25, 0.3) is 0 Å². The van der Waals surface area contributed by atoms with Gasteiger partial charge in [0.25, 0.3) is 0 Å². The summed E-state index contributed by atoms with van der Waals surface area (Å²) >= 11 is 0. The van der Waals surface area contributed by atoms with Crippen LogP contribution in [0.15, 0.2) is 12.1 Å². The van der Waals surface area contributed by atoms with Crippen molar-refractivity contribution < 1.29 is 22.6 Å². The molecule has 0 aromatic heterocycles. The van der Waals surface area contributed by atoms with Crippen LogP contribution in [-0.4, -0.2) is 19.9 Å². The van der Waals surface area contributed by atoms with Gasteiger partial charge in [-0.15, -0.1) is 0 Å². The minimum absolute atomic E-state index is 0.0149. The largest absolute Gasteiger partial charge is 0.454 e. The highest BCUT2D eigenvalue weighted by atomic mass is 19.4. The van der Waals surface area contributed by atoms with E-state index in [1.54, 1.807) is 0 Å². The van der Waals surface area contributed by atoms with E-state index in [1.165, 1.54) is 6.07 Å². The average Bonchev–Trinajstić information content (AvgIpc) is 2.97. The molecule has 98 valence electrons. The third kappa shape index (κ3) is 1.90. The van der Waals surface area contributed by atoms with Crippen molar-refractivity contribution in [2.75, 3.05) is 19.9 Å². The monoisotopic (exact) mass is 259 g/mol. The number of benzene rings is 1. The quantitative estimate of drug-likeness (QED) is 0.840. The van der Waals surface area contributed by atoms with E-state index in [-0.39, 0.29) is 18.5 Å². The Kier molecular flexibility index (Phi) is 2.62. The fraction of sp³-hybridized carbons (Fsp3) is 0.500. The number of alkyl halides is 3. The molecule has 1 unspecified atom stereocenters. The molecule has 0 amide bonds. The molecule has 1 aromatic rings. The normalized spacial score (nSPS) is 22.5. The number of hydrogen-bond acceptors (Lipinski definition) is 3. The Hall–Kier alpha value is -1.43. The predicted octanol–water partition coefficient (Wildman–Crippen LogP) is 2.51. The van der Waals surface area contributed by atoms with Crippen LogP contribution in [0.4, 0.5) is 13.2 Å². The van der Waals surface area contributed by atoms with Crippen LogP contribution in [0.2, 0.25) is 0 Å². The molecule has 1 N–H and O–H groups in total. The molecule has 3 nitrogen and oxygen atoms in total. The second-order valence-corrected chi connectivity index (χ2v) is 4.48. The smallest absolute Gasteiger partial charge is 0.416 e. The summed E-state index contributed by atoms with van der Waals surface area (Å²) in [6.45, 7) is 1.30. The van der Waals surface area contributed by atoms with Gasteiger partial charge in [0, 0.05) is 6.54 Å². The van der Waals surface area contributed by atoms with Crippen molar-refractivity contribution in [2.45, 2.75) is 18.5 Å². The van der Waals surface area contributed by atoms with Crippen molar-refractivity contribution in [3.05, 3.63) is 23.3 Å². The Labute approximate surface area is 102 Å². The van der Waals surface area contributed by atoms with Gasteiger partial charge in [0.15, 0.2) is 11.5 Å². The standard InChI is InChI=1S/C12H12F3NO2/c13-12(14,15)9-4-11-10(17-6-18-11)3-8(9)7-1-2-16-5-7/h3-4,7,16H,1-2,5-6H2. The fourth-order valence-electron chi connectivity index (χ4n) is 2.46. The van der Waals surface area contributed by atoms with Gasteiger partial charge in [0.2, 0.25) is 6.79 Å². The number of fused-ring (bicyclic) bond motifs is 1. The summed E-state index contributed by atoms with van der Waals surface area (Å²) in [5, 5.41) is 3.08. The van der Waals surface area contributed by atoms with Crippen LogP contribution in [0.3, 0.4) is 0 Å². The molecular formula is C12H12F3NO2. The van der Waals surface area contributed by atoms with E-state index in [4.69, 9.17) is 9.47 Å². The molecule has 0 radical (unpaired) electrons. The van der Waals surface area contributed by atoms with Gasteiger partial charge in [-0.25, -0.2) is 0 Å². The molecule has 2 heterocycles. The van der Waals surface area contributed by atoms with E-state index >= 15 is 0 Å². The lowest BCUT2D eigenvalue weighted by atomic mass is 9.92. The molecule has 3 rings (SSSR count). The van der Waals surface area contributed by atoms with Gasteiger partial charge in [-0.2, -0.15) is 13.2 Å². The van der Waals surface area contributed by atoms with E-state index < -0.39 is 11.7 Å². The lowest BCUT2D eigenvalue weighted by molar-refractivity contribution is -0.138. The molecular weight excluding hydrogens is 247 g/mol. The van der Waals surface area contributed by atoms with Gasteiger partial charge >= 0.3 is 6.18 Å². The number of rotatable bonds is 1. The summed E-state index contributed by atoms with van der Waals surface area (Å²) in [7, 11) is 0. The van der Waals surface area contributed by atoms with Crippen LogP contribution in [-0.2, 0) is 6.18 Å². The maximum absolute atomic E-state index is 13.1. The summed E-state index contributed by atoms with van der Waals surface area (Å²) in [5.74, 6) is 0.470. The third-order valence-corrected chi connectivity index (χ3v) is 3.35. The summed E-state index contributed by atoms with van der Waals surface area (Å²) < 4.78 is 49.3. The van der Waals surface area contributed by atoms with Crippen LogP contribution >= 0.6 is 0 Å². The summed E-state index contributed by atoms with van der Waals surface area (Å²) in [5.41, 5.74) is -0.308.